The number of carbonyl (C=O) groups is 1. The quantitative estimate of drug-likeness (QED) is 0.650. The fourth-order valence-corrected chi connectivity index (χ4v) is 5.78. The van der Waals surface area contributed by atoms with Crippen LogP contribution in [0.2, 0.25) is 0 Å². The Morgan fingerprint density at radius 2 is 2.07 bits per heavy atom. The monoisotopic (exact) mass is 424 g/mol. The zero-order chi connectivity index (χ0) is 21.0. The number of benzene rings is 1. The second kappa shape index (κ2) is 6.91. The first-order valence-electron chi connectivity index (χ1n) is 10.4. The lowest BCUT2D eigenvalue weighted by Gasteiger charge is -2.23. The van der Waals surface area contributed by atoms with Crippen LogP contribution in [-0.4, -0.2) is 25.6 Å². The summed E-state index contributed by atoms with van der Waals surface area (Å²) in [6, 6.07) is 3.70. The van der Waals surface area contributed by atoms with Gasteiger partial charge in [-0.15, -0.1) is 11.3 Å². The highest BCUT2D eigenvalue weighted by Crippen LogP contribution is 2.46. The van der Waals surface area contributed by atoms with Crippen LogP contribution in [0.25, 0.3) is 10.9 Å². The van der Waals surface area contributed by atoms with E-state index in [1.165, 1.54) is 18.4 Å². The lowest BCUT2D eigenvalue weighted by atomic mass is 9.84. The van der Waals surface area contributed by atoms with E-state index in [0.29, 0.717) is 11.2 Å². The first kappa shape index (κ1) is 19.2. The van der Waals surface area contributed by atoms with E-state index in [1.807, 2.05) is 30.5 Å². The molecule has 0 bridgehead atoms. The average Bonchev–Trinajstić information content (AvgIpc) is 3.44. The van der Waals surface area contributed by atoms with E-state index in [4.69, 9.17) is 4.98 Å². The summed E-state index contributed by atoms with van der Waals surface area (Å²) in [5, 5.41) is 13.2. The Hall–Kier alpha value is -2.74. The summed E-state index contributed by atoms with van der Waals surface area (Å²) in [5.74, 6) is 0.285. The predicted molar refractivity (Wildman–Crippen MR) is 117 cm³/mol. The molecule has 0 unspecified atom stereocenters. The van der Waals surface area contributed by atoms with Gasteiger partial charge in [0.15, 0.2) is 10.7 Å². The average molecular weight is 425 g/mol. The zero-order valence-corrected chi connectivity index (χ0v) is 17.9. The SMILES string of the molecule is Cc1cc([C@@H](C)Nc2ncsc2C(=O)O)c2nc3n(c(=O)c2c1)CCC31CCCC1. The molecule has 2 N–H and O–H groups in total. The maximum Gasteiger partial charge on any atom is 0.349 e. The van der Waals surface area contributed by atoms with Crippen molar-refractivity contribution in [1.29, 1.82) is 0 Å². The van der Waals surface area contributed by atoms with E-state index >= 15 is 0 Å². The summed E-state index contributed by atoms with van der Waals surface area (Å²) in [5.41, 5.74) is 4.20. The van der Waals surface area contributed by atoms with Crippen molar-refractivity contribution in [3.63, 3.8) is 0 Å². The number of hydrogen-bond donors (Lipinski definition) is 2. The third-order valence-electron chi connectivity index (χ3n) is 6.66. The molecule has 1 spiro atoms. The highest BCUT2D eigenvalue weighted by Gasteiger charge is 2.43. The van der Waals surface area contributed by atoms with Crippen LogP contribution in [0.1, 0.15) is 71.7 Å². The summed E-state index contributed by atoms with van der Waals surface area (Å²) >= 11 is 1.09. The lowest BCUT2D eigenvalue weighted by molar-refractivity contribution is 0.0703. The van der Waals surface area contributed by atoms with Crippen molar-refractivity contribution in [2.24, 2.45) is 0 Å². The summed E-state index contributed by atoms with van der Waals surface area (Å²) in [7, 11) is 0. The highest BCUT2D eigenvalue weighted by atomic mass is 32.1. The van der Waals surface area contributed by atoms with Gasteiger partial charge in [0.2, 0.25) is 0 Å². The molecule has 2 aliphatic rings. The smallest absolute Gasteiger partial charge is 0.349 e. The van der Waals surface area contributed by atoms with Crippen LogP contribution in [0.3, 0.4) is 0 Å². The van der Waals surface area contributed by atoms with Gasteiger partial charge in [-0.1, -0.05) is 18.9 Å². The summed E-state index contributed by atoms with van der Waals surface area (Å²) < 4.78 is 1.89. The number of nitrogens with zero attached hydrogens (tertiary/aromatic N) is 3. The second-order valence-corrected chi connectivity index (χ2v) is 9.44. The minimum atomic E-state index is -1.00. The summed E-state index contributed by atoms with van der Waals surface area (Å²) in [4.78, 5) is 34.3. The number of hydrogen-bond acceptors (Lipinski definition) is 6. The number of fused-ring (bicyclic) bond motifs is 3. The number of thiazole rings is 1. The molecule has 1 aliphatic heterocycles. The molecular weight excluding hydrogens is 400 g/mol. The number of carboxylic acid groups (broad SMARTS) is 1. The minimum absolute atomic E-state index is 0.0378. The first-order chi connectivity index (χ1) is 14.4. The molecular formula is C22H24N4O3S. The third-order valence-corrected chi connectivity index (χ3v) is 7.48. The van der Waals surface area contributed by atoms with E-state index < -0.39 is 5.97 Å². The van der Waals surface area contributed by atoms with E-state index in [9.17, 15) is 14.7 Å². The van der Waals surface area contributed by atoms with Crippen LogP contribution < -0.4 is 10.9 Å². The fourth-order valence-electron chi connectivity index (χ4n) is 5.19. The van der Waals surface area contributed by atoms with Crippen LogP contribution in [0.15, 0.2) is 22.4 Å². The molecule has 7 nitrogen and oxygen atoms in total. The predicted octanol–water partition coefficient (Wildman–Crippen LogP) is 4.25. The van der Waals surface area contributed by atoms with Crippen molar-refractivity contribution in [2.45, 2.75) is 64.0 Å². The van der Waals surface area contributed by atoms with Crippen molar-refractivity contribution in [3.05, 3.63) is 49.8 Å². The van der Waals surface area contributed by atoms with Crippen LogP contribution in [0.5, 0.6) is 0 Å². The molecule has 0 saturated heterocycles. The van der Waals surface area contributed by atoms with Gasteiger partial charge in [-0.3, -0.25) is 9.36 Å². The van der Waals surface area contributed by atoms with Gasteiger partial charge in [0.05, 0.1) is 22.5 Å². The van der Waals surface area contributed by atoms with Crippen LogP contribution in [0.4, 0.5) is 5.82 Å². The van der Waals surface area contributed by atoms with E-state index in [1.54, 1.807) is 0 Å². The minimum Gasteiger partial charge on any atom is -0.477 e. The van der Waals surface area contributed by atoms with Crippen molar-refractivity contribution in [3.8, 4) is 0 Å². The van der Waals surface area contributed by atoms with Gasteiger partial charge in [-0.2, -0.15) is 0 Å². The molecule has 0 radical (unpaired) electrons. The van der Waals surface area contributed by atoms with Crippen LogP contribution in [-0.2, 0) is 12.0 Å². The molecule has 1 saturated carbocycles. The van der Waals surface area contributed by atoms with Gasteiger partial charge in [-0.25, -0.2) is 14.8 Å². The Balaban J connectivity index is 1.65. The highest BCUT2D eigenvalue weighted by molar-refractivity contribution is 7.12. The Kier molecular flexibility index (Phi) is 4.43. The molecule has 3 aromatic rings. The summed E-state index contributed by atoms with van der Waals surface area (Å²) in [6.45, 7) is 4.67. The topological polar surface area (TPSA) is 97.1 Å². The number of aromatic carboxylic acids is 1. The Labute approximate surface area is 177 Å². The second-order valence-electron chi connectivity index (χ2n) is 8.58. The molecule has 1 aliphatic carbocycles. The first-order valence-corrected chi connectivity index (χ1v) is 11.3. The lowest BCUT2D eigenvalue weighted by Crippen LogP contribution is -2.27. The molecule has 156 valence electrons. The maximum atomic E-state index is 13.4. The zero-order valence-electron chi connectivity index (χ0n) is 17.1. The third kappa shape index (κ3) is 2.85. The van der Waals surface area contributed by atoms with Gasteiger partial charge in [0.1, 0.15) is 5.82 Å². The number of aryl methyl sites for hydroxylation is 1. The van der Waals surface area contributed by atoms with Gasteiger partial charge in [0, 0.05) is 17.5 Å². The molecule has 0 amide bonds. The molecule has 5 rings (SSSR count). The Morgan fingerprint density at radius 1 is 1.30 bits per heavy atom. The van der Waals surface area contributed by atoms with Gasteiger partial charge < -0.3 is 10.4 Å². The number of aromatic nitrogens is 3. The fraction of sp³-hybridized carbons (Fsp3) is 0.455. The number of carboxylic acids is 1. The van der Waals surface area contributed by atoms with Crippen molar-refractivity contribution in [2.75, 3.05) is 5.32 Å². The molecule has 2 aromatic heterocycles. The molecule has 1 atom stereocenters. The van der Waals surface area contributed by atoms with E-state index in [-0.39, 0.29) is 21.9 Å². The van der Waals surface area contributed by atoms with Crippen molar-refractivity contribution in [1.82, 2.24) is 14.5 Å². The van der Waals surface area contributed by atoms with Crippen molar-refractivity contribution >= 4 is 34.0 Å². The summed E-state index contributed by atoms with van der Waals surface area (Å²) in [6.07, 6.45) is 5.57. The molecule has 1 aromatic carbocycles. The number of anilines is 1. The van der Waals surface area contributed by atoms with E-state index in [2.05, 4.69) is 10.3 Å². The van der Waals surface area contributed by atoms with Gasteiger partial charge >= 0.3 is 5.97 Å². The number of nitrogens with one attached hydrogen (secondary N) is 1. The Bertz CT molecular complexity index is 1220. The van der Waals surface area contributed by atoms with Crippen LogP contribution >= 0.6 is 11.3 Å². The normalized spacial score (nSPS) is 18.1. The standard InChI is InChI=1S/C22H24N4O3S/c1-12-9-14(13(2)24-18-17(20(28)29)30-11-23-18)16-15(10-12)19(27)26-8-7-22(21(26)25-16)5-3-4-6-22/h9-11,13,24H,3-8H2,1-2H3,(H,28,29)/t13-/m1/s1. The van der Waals surface area contributed by atoms with Gasteiger partial charge in [0.25, 0.3) is 5.56 Å². The molecule has 30 heavy (non-hydrogen) atoms. The van der Waals surface area contributed by atoms with Gasteiger partial charge in [-0.05, 0) is 44.7 Å². The number of rotatable bonds is 4. The maximum absolute atomic E-state index is 13.4. The van der Waals surface area contributed by atoms with Crippen LogP contribution in [0, 0.1) is 6.92 Å². The van der Waals surface area contributed by atoms with E-state index in [0.717, 1.165) is 59.6 Å². The largest absolute Gasteiger partial charge is 0.477 e. The molecule has 3 heterocycles. The molecule has 8 heteroatoms. The van der Waals surface area contributed by atoms with Crippen molar-refractivity contribution < 1.29 is 9.90 Å². The molecule has 1 fully saturated rings. The Morgan fingerprint density at radius 3 is 2.80 bits per heavy atom.